The predicted molar refractivity (Wildman–Crippen MR) is 65.7 cm³/mol. The minimum Gasteiger partial charge on any atom is -0.383 e. The SMILES string of the molecule is CCNC(=S)NN=Cc1cccnc1N. The van der Waals surface area contributed by atoms with E-state index in [1.807, 2.05) is 13.0 Å². The molecule has 0 unspecified atom stereocenters. The molecule has 0 saturated heterocycles. The van der Waals surface area contributed by atoms with Crippen molar-refractivity contribution in [2.45, 2.75) is 6.92 Å². The summed E-state index contributed by atoms with van der Waals surface area (Å²) in [7, 11) is 0. The van der Waals surface area contributed by atoms with Gasteiger partial charge in [-0.25, -0.2) is 4.98 Å². The van der Waals surface area contributed by atoms with Crippen molar-refractivity contribution in [1.82, 2.24) is 15.7 Å². The van der Waals surface area contributed by atoms with Gasteiger partial charge >= 0.3 is 0 Å². The van der Waals surface area contributed by atoms with Crippen LogP contribution in [0.4, 0.5) is 5.82 Å². The first kappa shape index (κ1) is 11.4. The molecule has 1 aromatic rings. The minimum absolute atomic E-state index is 0.442. The van der Waals surface area contributed by atoms with E-state index in [0.717, 1.165) is 12.1 Å². The molecule has 0 aliphatic rings. The van der Waals surface area contributed by atoms with Gasteiger partial charge in [0.25, 0.3) is 0 Å². The number of hydrazone groups is 1. The van der Waals surface area contributed by atoms with E-state index in [-0.39, 0.29) is 0 Å². The monoisotopic (exact) mass is 223 g/mol. The third kappa shape index (κ3) is 3.90. The van der Waals surface area contributed by atoms with Gasteiger partial charge in [0.2, 0.25) is 0 Å². The van der Waals surface area contributed by atoms with Crippen molar-refractivity contribution in [3.05, 3.63) is 23.9 Å². The lowest BCUT2D eigenvalue weighted by Crippen LogP contribution is -2.31. The van der Waals surface area contributed by atoms with Crippen LogP contribution in [0.1, 0.15) is 12.5 Å². The second kappa shape index (κ2) is 5.92. The van der Waals surface area contributed by atoms with Crippen molar-refractivity contribution in [3.8, 4) is 0 Å². The van der Waals surface area contributed by atoms with E-state index in [0.29, 0.717) is 10.9 Å². The van der Waals surface area contributed by atoms with Crippen LogP contribution in [0.5, 0.6) is 0 Å². The normalized spacial score (nSPS) is 10.2. The molecule has 80 valence electrons. The molecule has 1 rings (SSSR count). The Bertz CT molecular complexity index is 363. The summed E-state index contributed by atoms with van der Waals surface area (Å²) in [5, 5.41) is 7.31. The van der Waals surface area contributed by atoms with E-state index in [1.165, 1.54) is 0 Å². The van der Waals surface area contributed by atoms with Crippen LogP contribution in [0, 0.1) is 0 Å². The molecule has 0 atom stereocenters. The summed E-state index contributed by atoms with van der Waals surface area (Å²) in [5.74, 6) is 0.442. The van der Waals surface area contributed by atoms with Crippen molar-refractivity contribution < 1.29 is 0 Å². The number of nitrogens with two attached hydrogens (primary N) is 1. The first-order valence-electron chi connectivity index (χ1n) is 4.51. The molecular formula is C9H13N5S. The Morgan fingerprint density at radius 3 is 3.20 bits per heavy atom. The lowest BCUT2D eigenvalue weighted by molar-refractivity contribution is 0.904. The average molecular weight is 223 g/mol. The van der Waals surface area contributed by atoms with E-state index in [2.05, 4.69) is 20.8 Å². The van der Waals surface area contributed by atoms with Crippen LogP contribution in [-0.2, 0) is 0 Å². The Morgan fingerprint density at radius 2 is 2.53 bits per heavy atom. The molecule has 5 nitrogen and oxygen atoms in total. The fourth-order valence-corrected chi connectivity index (χ4v) is 1.10. The third-order valence-corrected chi connectivity index (χ3v) is 1.81. The minimum atomic E-state index is 0.442. The van der Waals surface area contributed by atoms with Crippen LogP contribution in [-0.4, -0.2) is 22.9 Å². The summed E-state index contributed by atoms with van der Waals surface area (Å²) in [6.45, 7) is 2.72. The Labute approximate surface area is 93.8 Å². The summed E-state index contributed by atoms with van der Waals surface area (Å²) in [5.41, 5.74) is 9.04. The Hall–Kier alpha value is -1.69. The van der Waals surface area contributed by atoms with Gasteiger partial charge in [0.1, 0.15) is 5.82 Å². The molecule has 0 aliphatic heterocycles. The van der Waals surface area contributed by atoms with Crippen molar-refractivity contribution in [3.63, 3.8) is 0 Å². The predicted octanol–water partition coefficient (Wildman–Crippen LogP) is 0.482. The molecule has 0 radical (unpaired) electrons. The van der Waals surface area contributed by atoms with Crippen molar-refractivity contribution in [2.75, 3.05) is 12.3 Å². The van der Waals surface area contributed by atoms with Gasteiger partial charge in [-0.1, -0.05) is 0 Å². The van der Waals surface area contributed by atoms with Gasteiger partial charge in [0.15, 0.2) is 5.11 Å². The first-order chi connectivity index (χ1) is 7.24. The highest BCUT2D eigenvalue weighted by Crippen LogP contribution is 2.02. The molecule has 0 spiro atoms. The average Bonchev–Trinajstić information content (AvgIpc) is 2.21. The standard InChI is InChI=1S/C9H13N5S/c1-2-11-9(15)14-13-6-7-4-3-5-12-8(7)10/h3-6H,2H2,1H3,(H2,10,12)(H2,11,14,15). The van der Waals surface area contributed by atoms with Crippen LogP contribution in [0.3, 0.4) is 0 Å². The zero-order valence-corrected chi connectivity index (χ0v) is 9.21. The molecule has 0 aromatic carbocycles. The largest absolute Gasteiger partial charge is 0.383 e. The Morgan fingerprint density at radius 1 is 1.73 bits per heavy atom. The molecule has 0 amide bonds. The molecule has 0 bridgehead atoms. The van der Waals surface area contributed by atoms with E-state index in [4.69, 9.17) is 18.0 Å². The molecule has 15 heavy (non-hydrogen) atoms. The van der Waals surface area contributed by atoms with Crippen LogP contribution >= 0.6 is 12.2 Å². The molecule has 1 heterocycles. The van der Waals surface area contributed by atoms with Gasteiger partial charge in [-0.3, -0.25) is 5.43 Å². The number of nitrogen functional groups attached to an aromatic ring is 1. The lowest BCUT2D eigenvalue weighted by Gasteiger charge is -2.02. The molecule has 0 saturated carbocycles. The fraction of sp³-hybridized carbons (Fsp3) is 0.222. The molecule has 1 aromatic heterocycles. The van der Waals surface area contributed by atoms with Gasteiger partial charge < -0.3 is 11.1 Å². The van der Waals surface area contributed by atoms with E-state index < -0.39 is 0 Å². The summed E-state index contributed by atoms with van der Waals surface area (Å²) in [6, 6.07) is 3.62. The third-order valence-electron chi connectivity index (χ3n) is 1.58. The highest BCUT2D eigenvalue weighted by molar-refractivity contribution is 7.80. The molecule has 0 fully saturated rings. The van der Waals surface area contributed by atoms with Crippen LogP contribution in [0.2, 0.25) is 0 Å². The van der Waals surface area contributed by atoms with Gasteiger partial charge in [0, 0.05) is 18.3 Å². The first-order valence-corrected chi connectivity index (χ1v) is 4.92. The number of anilines is 1. The summed E-state index contributed by atoms with van der Waals surface area (Å²) in [6.07, 6.45) is 3.20. The zero-order chi connectivity index (χ0) is 11.1. The summed E-state index contributed by atoms with van der Waals surface area (Å²) >= 11 is 4.92. The fourth-order valence-electron chi connectivity index (χ4n) is 0.900. The van der Waals surface area contributed by atoms with Gasteiger partial charge in [-0.15, -0.1) is 0 Å². The van der Waals surface area contributed by atoms with Crippen LogP contribution < -0.4 is 16.5 Å². The van der Waals surface area contributed by atoms with Gasteiger partial charge in [0.05, 0.1) is 6.21 Å². The summed E-state index contributed by atoms with van der Waals surface area (Å²) < 4.78 is 0. The number of nitrogens with one attached hydrogen (secondary N) is 2. The van der Waals surface area contributed by atoms with Crippen molar-refractivity contribution in [1.29, 1.82) is 0 Å². The lowest BCUT2D eigenvalue weighted by atomic mass is 10.3. The number of pyridine rings is 1. The van der Waals surface area contributed by atoms with Crippen LogP contribution in [0.25, 0.3) is 0 Å². The van der Waals surface area contributed by atoms with E-state index >= 15 is 0 Å². The van der Waals surface area contributed by atoms with Crippen molar-refractivity contribution in [2.24, 2.45) is 5.10 Å². The number of thiocarbonyl (C=S) groups is 1. The number of hydrogen-bond acceptors (Lipinski definition) is 4. The molecular weight excluding hydrogens is 210 g/mol. The zero-order valence-electron chi connectivity index (χ0n) is 8.40. The second-order valence-electron chi connectivity index (χ2n) is 2.71. The maximum atomic E-state index is 5.62. The molecule has 6 heteroatoms. The quantitative estimate of drug-likeness (QED) is 0.395. The van der Waals surface area contributed by atoms with E-state index in [9.17, 15) is 0 Å². The topological polar surface area (TPSA) is 75.3 Å². The number of nitrogens with zero attached hydrogens (tertiary/aromatic N) is 2. The molecule has 0 aliphatic carbocycles. The number of aromatic nitrogens is 1. The Balaban J connectivity index is 2.52. The van der Waals surface area contributed by atoms with Gasteiger partial charge in [-0.2, -0.15) is 5.10 Å². The maximum Gasteiger partial charge on any atom is 0.186 e. The van der Waals surface area contributed by atoms with E-state index in [1.54, 1.807) is 18.5 Å². The second-order valence-corrected chi connectivity index (χ2v) is 3.12. The van der Waals surface area contributed by atoms with Crippen molar-refractivity contribution >= 4 is 29.4 Å². The summed E-state index contributed by atoms with van der Waals surface area (Å²) in [4.78, 5) is 3.92. The smallest absolute Gasteiger partial charge is 0.186 e. The van der Waals surface area contributed by atoms with Crippen LogP contribution in [0.15, 0.2) is 23.4 Å². The highest BCUT2D eigenvalue weighted by Gasteiger charge is 1.94. The van der Waals surface area contributed by atoms with Gasteiger partial charge in [-0.05, 0) is 31.3 Å². The Kier molecular flexibility index (Phi) is 4.49. The number of rotatable bonds is 3. The molecule has 4 N–H and O–H groups in total. The maximum absolute atomic E-state index is 5.62. The highest BCUT2D eigenvalue weighted by atomic mass is 32.1. The number of hydrogen-bond donors (Lipinski definition) is 3.